The molecule has 152 valence electrons. The van der Waals surface area contributed by atoms with Crippen LogP contribution in [0, 0.1) is 0 Å². The van der Waals surface area contributed by atoms with E-state index in [1.807, 2.05) is 4.90 Å². The average molecular weight is 395 g/mol. The number of ether oxygens (including phenoxy) is 1. The molecule has 1 fully saturated rings. The molecule has 29 heavy (non-hydrogen) atoms. The summed E-state index contributed by atoms with van der Waals surface area (Å²) in [7, 11) is 1.32. The van der Waals surface area contributed by atoms with Gasteiger partial charge in [0.05, 0.1) is 19.2 Å². The zero-order chi connectivity index (χ0) is 20.6. The van der Waals surface area contributed by atoms with E-state index in [4.69, 9.17) is 0 Å². The molecule has 1 aliphatic rings. The van der Waals surface area contributed by atoms with E-state index < -0.39 is 5.97 Å². The fourth-order valence-corrected chi connectivity index (χ4v) is 3.21. The van der Waals surface area contributed by atoms with Gasteiger partial charge in [-0.1, -0.05) is 0 Å². The van der Waals surface area contributed by atoms with Gasteiger partial charge in [-0.3, -0.25) is 9.59 Å². The Labute approximate surface area is 170 Å². The van der Waals surface area contributed by atoms with Gasteiger partial charge in [0.25, 0.3) is 5.91 Å². The highest BCUT2D eigenvalue weighted by Crippen LogP contribution is 2.16. The van der Waals surface area contributed by atoms with E-state index in [0.717, 1.165) is 31.6 Å². The first kappa shape index (κ1) is 20.4. The van der Waals surface area contributed by atoms with Gasteiger partial charge in [0, 0.05) is 30.0 Å². The number of benzene rings is 2. The van der Waals surface area contributed by atoms with Gasteiger partial charge in [0.2, 0.25) is 5.91 Å². The number of nitrogens with zero attached hydrogens (tertiary/aromatic N) is 1. The number of piperidine rings is 1. The largest absolute Gasteiger partial charge is 0.465 e. The van der Waals surface area contributed by atoms with Crippen LogP contribution in [0.15, 0.2) is 48.5 Å². The summed E-state index contributed by atoms with van der Waals surface area (Å²) in [6.07, 6.45) is 3.31. The monoisotopic (exact) mass is 395 g/mol. The lowest BCUT2D eigenvalue weighted by Gasteiger charge is -2.26. The molecule has 2 aromatic carbocycles. The van der Waals surface area contributed by atoms with Crippen LogP contribution in [0.5, 0.6) is 0 Å². The number of likely N-dealkylation sites (tertiary alicyclic amines) is 1. The van der Waals surface area contributed by atoms with Gasteiger partial charge in [0.1, 0.15) is 0 Å². The van der Waals surface area contributed by atoms with Gasteiger partial charge in [-0.05, 0) is 67.8 Å². The third-order valence-electron chi connectivity index (χ3n) is 4.82. The number of esters is 1. The fraction of sp³-hybridized carbons (Fsp3) is 0.318. The predicted molar refractivity (Wildman–Crippen MR) is 111 cm³/mol. The molecule has 3 rings (SSSR count). The summed E-state index contributed by atoms with van der Waals surface area (Å²) in [6, 6.07) is 13.6. The van der Waals surface area contributed by atoms with Crippen LogP contribution in [0.2, 0.25) is 0 Å². The Bertz CT molecular complexity index is 857. The minimum Gasteiger partial charge on any atom is -0.465 e. The molecule has 0 aliphatic carbocycles. The molecule has 0 spiro atoms. The SMILES string of the molecule is COC(=O)c1ccc(NC(=O)CNc2ccc(C(=O)N3CCCCC3)cc2)cc1. The number of methoxy groups -OCH3 is 1. The summed E-state index contributed by atoms with van der Waals surface area (Å²) in [5, 5.41) is 5.79. The van der Waals surface area contributed by atoms with Crippen LogP contribution in [0.4, 0.5) is 11.4 Å². The van der Waals surface area contributed by atoms with Crippen molar-refractivity contribution in [2.75, 3.05) is 37.4 Å². The minimum absolute atomic E-state index is 0.0596. The predicted octanol–water partition coefficient (Wildman–Crippen LogP) is 3.15. The summed E-state index contributed by atoms with van der Waals surface area (Å²) in [4.78, 5) is 37.9. The molecule has 0 aromatic heterocycles. The van der Waals surface area contributed by atoms with Gasteiger partial charge >= 0.3 is 5.97 Å². The number of carbonyl (C=O) groups is 3. The highest BCUT2D eigenvalue weighted by Gasteiger charge is 2.17. The van der Waals surface area contributed by atoms with E-state index in [1.54, 1.807) is 48.5 Å². The fourth-order valence-electron chi connectivity index (χ4n) is 3.21. The van der Waals surface area contributed by atoms with Crippen molar-refractivity contribution in [3.63, 3.8) is 0 Å². The zero-order valence-electron chi connectivity index (χ0n) is 16.4. The van der Waals surface area contributed by atoms with Crippen LogP contribution in [0.1, 0.15) is 40.0 Å². The second kappa shape index (κ2) is 9.73. The van der Waals surface area contributed by atoms with Crippen molar-refractivity contribution >= 4 is 29.2 Å². The Morgan fingerprint density at radius 2 is 1.45 bits per heavy atom. The zero-order valence-corrected chi connectivity index (χ0v) is 16.4. The summed E-state index contributed by atoms with van der Waals surface area (Å²) < 4.78 is 4.64. The molecule has 2 N–H and O–H groups in total. The number of hydrogen-bond donors (Lipinski definition) is 2. The Morgan fingerprint density at radius 3 is 2.07 bits per heavy atom. The number of rotatable bonds is 6. The molecule has 0 atom stereocenters. The Balaban J connectivity index is 1.48. The summed E-state index contributed by atoms with van der Waals surface area (Å²) in [5.74, 6) is -0.583. The van der Waals surface area contributed by atoms with E-state index in [0.29, 0.717) is 16.8 Å². The highest BCUT2D eigenvalue weighted by molar-refractivity contribution is 5.96. The van der Waals surface area contributed by atoms with Crippen LogP contribution in [-0.4, -0.2) is 49.4 Å². The number of carbonyl (C=O) groups excluding carboxylic acids is 3. The van der Waals surface area contributed by atoms with Crippen molar-refractivity contribution in [2.24, 2.45) is 0 Å². The number of hydrogen-bond acceptors (Lipinski definition) is 5. The summed E-state index contributed by atoms with van der Waals surface area (Å²) >= 11 is 0. The van der Waals surface area contributed by atoms with Crippen LogP contribution in [0.25, 0.3) is 0 Å². The first-order valence-corrected chi connectivity index (χ1v) is 9.68. The van der Waals surface area contributed by atoms with Gasteiger partial charge in [-0.25, -0.2) is 4.79 Å². The van der Waals surface area contributed by atoms with Crippen LogP contribution < -0.4 is 10.6 Å². The standard InChI is InChI=1S/C22H25N3O4/c1-29-22(28)17-7-11-19(12-8-17)24-20(26)15-23-18-9-5-16(6-10-18)21(27)25-13-3-2-4-14-25/h5-12,23H,2-4,13-15H2,1H3,(H,24,26). The maximum Gasteiger partial charge on any atom is 0.337 e. The average Bonchev–Trinajstić information content (AvgIpc) is 2.78. The molecule has 2 amide bonds. The lowest BCUT2D eigenvalue weighted by atomic mass is 10.1. The first-order valence-electron chi connectivity index (χ1n) is 9.68. The van der Waals surface area contributed by atoms with Crippen molar-refractivity contribution in [2.45, 2.75) is 19.3 Å². The van der Waals surface area contributed by atoms with Crippen LogP contribution >= 0.6 is 0 Å². The number of amides is 2. The summed E-state index contributed by atoms with van der Waals surface area (Å²) in [6.45, 7) is 1.72. The van der Waals surface area contributed by atoms with Gasteiger partial charge < -0.3 is 20.3 Å². The van der Waals surface area contributed by atoms with Crippen LogP contribution in [0.3, 0.4) is 0 Å². The molecular formula is C22H25N3O4. The molecule has 0 radical (unpaired) electrons. The smallest absolute Gasteiger partial charge is 0.337 e. The maximum absolute atomic E-state index is 12.5. The number of anilines is 2. The van der Waals surface area contributed by atoms with Crippen molar-refractivity contribution in [1.29, 1.82) is 0 Å². The molecule has 1 heterocycles. The Kier molecular flexibility index (Phi) is 6.84. The van der Waals surface area contributed by atoms with E-state index in [9.17, 15) is 14.4 Å². The van der Waals surface area contributed by atoms with E-state index in [2.05, 4.69) is 15.4 Å². The molecule has 1 saturated heterocycles. The van der Waals surface area contributed by atoms with E-state index >= 15 is 0 Å². The van der Waals surface area contributed by atoms with Crippen molar-refractivity contribution < 1.29 is 19.1 Å². The summed E-state index contributed by atoms with van der Waals surface area (Å²) in [5.41, 5.74) is 2.43. The Hall–Kier alpha value is -3.35. The Morgan fingerprint density at radius 1 is 0.862 bits per heavy atom. The number of nitrogens with one attached hydrogen (secondary N) is 2. The van der Waals surface area contributed by atoms with Gasteiger partial charge in [-0.15, -0.1) is 0 Å². The molecule has 0 bridgehead atoms. The molecule has 1 aliphatic heterocycles. The van der Waals surface area contributed by atoms with Gasteiger partial charge in [-0.2, -0.15) is 0 Å². The first-order chi connectivity index (χ1) is 14.1. The molecule has 7 heteroatoms. The second-order valence-corrected chi connectivity index (χ2v) is 6.90. The topological polar surface area (TPSA) is 87.7 Å². The second-order valence-electron chi connectivity index (χ2n) is 6.90. The quantitative estimate of drug-likeness (QED) is 0.734. The lowest BCUT2D eigenvalue weighted by Crippen LogP contribution is -2.35. The van der Waals surface area contributed by atoms with Crippen molar-refractivity contribution in [3.8, 4) is 0 Å². The minimum atomic E-state index is -0.424. The highest BCUT2D eigenvalue weighted by atomic mass is 16.5. The van der Waals surface area contributed by atoms with Gasteiger partial charge in [0.15, 0.2) is 0 Å². The third kappa shape index (κ3) is 5.57. The van der Waals surface area contributed by atoms with E-state index in [-0.39, 0.29) is 18.4 Å². The van der Waals surface area contributed by atoms with Crippen molar-refractivity contribution in [3.05, 3.63) is 59.7 Å². The van der Waals surface area contributed by atoms with Crippen LogP contribution in [-0.2, 0) is 9.53 Å². The molecule has 2 aromatic rings. The molecule has 0 unspecified atom stereocenters. The van der Waals surface area contributed by atoms with Crippen molar-refractivity contribution in [1.82, 2.24) is 4.90 Å². The molecule has 7 nitrogen and oxygen atoms in total. The maximum atomic E-state index is 12.5. The van der Waals surface area contributed by atoms with E-state index in [1.165, 1.54) is 13.5 Å². The molecular weight excluding hydrogens is 370 g/mol. The normalized spacial score (nSPS) is 13.5. The molecule has 0 saturated carbocycles. The lowest BCUT2D eigenvalue weighted by molar-refractivity contribution is -0.114. The third-order valence-corrected chi connectivity index (χ3v) is 4.82.